The zero-order valence-corrected chi connectivity index (χ0v) is 12.6. The van der Waals surface area contributed by atoms with Gasteiger partial charge in [-0.1, -0.05) is 0 Å². The molecular weight excluding hydrogens is 292 g/mol. The average molecular weight is 310 g/mol. The number of esters is 2. The Kier molecular flexibility index (Phi) is 3.78. The fourth-order valence-electron chi connectivity index (χ4n) is 3.46. The molecular formula is C15H18O7. The third-order valence-electron chi connectivity index (χ3n) is 4.29. The number of allylic oxidation sites excluding steroid dienone is 1. The van der Waals surface area contributed by atoms with Gasteiger partial charge >= 0.3 is 11.9 Å². The van der Waals surface area contributed by atoms with Crippen molar-refractivity contribution in [1.29, 1.82) is 0 Å². The lowest BCUT2D eigenvalue weighted by Crippen LogP contribution is -2.54. The van der Waals surface area contributed by atoms with E-state index >= 15 is 0 Å². The Hall–Kier alpha value is -1.73. The van der Waals surface area contributed by atoms with Crippen LogP contribution in [0.5, 0.6) is 0 Å². The van der Waals surface area contributed by atoms with E-state index in [4.69, 9.17) is 18.9 Å². The average Bonchev–Trinajstić information content (AvgIpc) is 2.91. The number of hydrogen-bond acceptors (Lipinski definition) is 7. The van der Waals surface area contributed by atoms with Crippen LogP contribution in [0.1, 0.15) is 20.8 Å². The molecule has 0 aromatic rings. The van der Waals surface area contributed by atoms with Crippen LogP contribution in [0.4, 0.5) is 0 Å². The second-order valence-corrected chi connectivity index (χ2v) is 5.80. The van der Waals surface area contributed by atoms with Crippen molar-refractivity contribution in [2.24, 2.45) is 11.8 Å². The zero-order chi connectivity index (χ0) is 16.0. The van der Waals surface area contributed by atoms with Gasteiger partial charge < -0.3 is 18.9 Å². The lowest BCUT2D eigenvalue weighted by molar-refractivity contribution is -0.253. The molecule has 0 N–H and O–H groups in total. The summed E-state index contributed by atoms with van der Waals surface area (Å²) in [4.78, 5) is 34.7. The highest BCUT2D eigenvalue weighted by Crippen LogP contribution is 2.49. The lowest BCUT2D eigenvalue weighted by Gasteiger charge is -2.40. The van der Waals surface area contributed by atoms with Crippen molar-refractivity contribution < 1.29 is 33.3 Å². The number of carbonyl (C=O) groups excluding carboxylic acids is 3. The lowest BCUT2D eigenvalue weighted by atomic mass is 9.81. The first-order valence-electron chi connectivity index (χ1n) is 7.25. The quantitative estimate of drug-likeness (QED) is 0.696. The zero-order valence-electron chi connectivity index (χ0n) is 12.6. The van der Waals surface area contributed by atoms with Gasteiger partial charge in [0.2, 0.25) is 0 Å². The van der Waals surface area contributed by atoms with Gasteiger partial charge in [0.1, 0.15) is 18.8 Å². The summed E-state index contributed by atoms with van der Waals surface area (Å²) >= 11 is 0. The first kappa shape index (κ1) is 15.2. The van der Waals surface area contributed by atoms with Crippen molar-refractivity contribution in [3.63, 3.8) is 0 Å². The number of hydrogen-bond donors (Lipinski definition) is 0. The van der Waals surface area contributed by atoms with Crippen LogP contribution < -0.4 is 0 Å². The van der Waals surface area contributed by atoms with Crippen molar-refractivity contribution in [2.75, 3.05) is 6.61 Å². The topological polar surface area (TPSA) is 88.1 Å². The maximum absolute atomic E-state index is 12.3. The van der Waals surface area contributed by atoms with E-state index < -0.39 is 36.4 Å². The summed E-state index contributed by atoms with van der Waals surface area (Å²) in [6, 6.07) is 0. The molecule has 2 aliphatic heterocycles. The predicted molar refractivity (Wildman–Crippen MR) is 71.5 cm³/mol. The second kappa shape index (κ2) is 5.48. The number of ether oxygens (including phenoxy) is 4. The summed E-state index contributed by atoms with van der Waals surface area (Å²) < 4.78 is 21.8. The van der Waals surface area contributed by atoms with Crippen LogP contribution in [0.15, 0.2) is 11.6 Å². The van der Waals surface area contributed by atoms with E-state index in [1.54, 1.807) is 6.08 Å². The van der Waals surface area contributed by atoms with Gasteiger partial charge in [-0.2, -0.15) is 0 Å². The molecule has 2 saturated heterocycles. The maximum atomic E-state index is 12.3. The van der Waals surface area contributed by atoms with Gasteiger partial charge in [-0.25, -0.2) is 0 Å². The minimum Gasteiger partial charge on any atom is -0.463 e. The molecule has 7 nitrogen and oxygen atoms in total. The molecule has 2 heterocycles. The van der Waals surface area contributed by atoms with E-state index in [2.05, 4.69) is 0 Å². The standard InChI is InChI=1S/C15H18O7/c1-6-9-4-10(18)13-12(9)15(20-6)22-11(5-19-7(2)16)14(13)21-8(3)17/h4,6,11-15H,5H2,1-3H3. The SMILES string of the molecule is CC(=O)OCC1OC2OC(C)C3=CC(=O)C(C1OC(C)=O)C32. The van der Waals surface area contributed by atoms with E-state index in [9.17, 15) is 14.4 Å². The van der Waals surface area contributed by atoms with Crippen LogP contribution in [-0.2, 0) is 33.3 Å². The molecule has 0 aromatic carbocycles. The summed E-state index contributed by atoms with van der Waals surface area (Å²) in [6.45, 7) is 4.32. The number of rotatable bonds is 3. The summed E-state index contributed by atoms with van der Waals surface area (Å²) in [6.07, 6.45) is -0.734. The Bertz CT molecular complexity index is 552. The molecule has 2 fully saturated rings. The minimum absolute atomic E-state index is 0.0899. The van der Waals surface area contributed by atoms with Gasteiger partial charge in [-0.05, 0) is 18.6 Å². The third-order valence-corrected chi connectivity index (χ3v) is 4.29. The molecule has 0 spiro atoms. The van der Waals surface area contributed by atoms with Gasteiger partial charge in [0, 0.05) is 19.8 Å². The minimum atomic E-state index is -0.784. The van der Waals surface area contributed by atoms with Gasteiger partial charge in [0.05, 0.1) is 12.0 Å². The van der Waals surface area contributed by atoms with E-state index in [0.717, 1.165) is 5.57 Å². The Morgan fingerprint density at radius 1 is 1.18 bits per heavy atom. The fourth-order valence-corrected chi connectivity index (χ4v) is 3.46. The van der Waals surface area contributed by atoms with Gasteiger partial charge in [0.25, 0.3) is 0 Å². The van der Waals surface area contributed by atoms with Crippen LogP contribution in [0, 0.1) is 11.8 Å². The molecule has 7 heteroatoms. The Labute approximate surface area is 127 Å². The molecule has 6 atom stereocenters. The number of ketones is 1. The molecule has 3 rings (SSSR count). The summed E-state index contributed by atoms with van der Waals surface area (Å²) in [7, 11) is 0. The summed E-state index contributed by atoms with van der Waals surface area (Å²) in [5.74, 6) is -1.84. The second-order valence-electron chi connectivity index (χ2n) is 5.80. The molecule has 3 aliphatic rings. The molecule has 0 saturated carbocycles. The van der Waals surface area contributed by atoms with Crippen molar-refractivity contribution in [2.45, 2.75) is 45.4 Å². The monoisotopic (exact) mass is 310 g/mol. The van der Waals surface area contributed by atoms with Gasteiger partial charge in [-0.3, -0.25) is 14.4 Å². The van der Waals surface area contributed by atoms with Crippen LogP contribution in [0.3, 0.4) is 0 Å². The molecule has 1 aliphatic carbocycles. The Morgan fingerprint density at radius 3 is 2.55 bits per heavy atom. The van der Waals surface area contributed by atoms with Gasteiger partial charge in [0.15, 0.2) is 12.1 Å². The molecule has 22 heavy (non-hydrogen) atoms. The first-order valence-corrected chi connectivity index (χ1v) is 7.25. The van der Waals surface area contributed by atoms with Crippen LogP contribution in [-0.4, -0.2) is 48.9 Å². The highest BCUT2D eigenvalue weighted by atomic mass is 16.7. The smallest absolute Gasteiger partial charge is 0.303 e. The first-order chi connectivity index (χ1) is 10.4. The summed E-state index contributed by atoms with van der Waals surface area (Å²) in [5.41, 5.74) is 0.878. The highest BCUT2D eigenvalue weighted by Gasteiger charge is 2.59. The number of carbonyl (C=O) groups is 3. The summed E-state index contributed by atoms with van der Waals surface area (Å²) in [5, 5.41) is 0. The van der Waals surface area contributed by atoms with Crippen molar-refractivity contribution in [1.82, 2.24) is 0 Å². The van der Waals surface area contributed by atoms with E-state index in [1.807, 2.05) is 6.92 Å². The molecule has 0 amide bonds. The third kappa shape index (κ3) is 2.44. The van der Waals surface area contributed by atoms with Gasteiger partial charge in [-0.15, -0.1) is 0 Å². The normalized spacial score (nSPS) is 39.2. The Morgan fingerprint density at radius 2 is 1.91 bits per heavy atom. The molecule has 6 unspecified atom stereocenters. The van der Waals surface area contributed by atoms with Crippen molar-refractivity contribution in [3.05, 3.63) is 11.6 Å². The predicted octanol–water partition coefficient (Wildman–Crippen LogP) is 0.366. The highest BCUT2D eigenvalue weighted by molar-refractivity contribution is 5.97. The van der Waals surface area contributed by atoms with E-state index in [-0.39, 0.29) is 24.4 Å². The molecule has 0 aromatic heterocycles. The van der Waals surface area contributed by atoms with Crippen LogP contribution in [0.2, 0.25) is 0 Å². The molecule has 120 valence electrons. The maximum Gasteiger partial charge on any atom is 0.303 e. The van der Waals surface area contributed by atoms with Crippen LogP contribution in [0.25, 0.3) is 0 Å². The van der Waals surface area contributed by atoms with E-state index in [0.29, 0.717) is 0 Å². The fraction of sp³-hybridized carbons (Fsp3) is 0.667. The molecule has 0 bridgehead atoms. The largest absolute Gasteiger partial charge is 0.463 e. The van der Waals surface area contributed by atoms with E-state index in [1.165, 1.54) is 13.8 Å². The van der Waals surface area contributed by atoms with Crippen molar-refractivity contribution in [3.8, 4) is 0 Å². The Balaban J connectivity index is 1.87. The van der Waals surface area contributed by atoms with Crippen molar-refractivity contribution >= 4 is 17.7 Å². The van der Waals surface area contributed by atoms with Crippen LogP contribution >= 0.6 is 0 Å². The molecule has 0 radical (unpaired) electrons.